The number of fused-ring (bicyclic) bond motifs is 3. The van der Waals surface area contributed by atoms with Crippen LogP contribution in [0, 0.1) is 5.92 Å². The van der Waals surface area contributed by atoms with Crippen molar-refractivity contribution in [1.29, 1.82) is 0 Å². The highest BCUT2D eigenvalue weighted by atomic mass is 35.5. The number of Topliss-reactive ketones (excluding diaryl/α,β-unsaturated/α-hetero) is 1. The van der Waals surface area contributed by atoms with Gasteiger partial charge < -0.3 is 0 Å². The monoisotopic (exact) mass is 420 g/mol. The third kappa shape index (κ3) is 3.69. The molecule has 1 unspecified atom stereocenters. The molecule has 2 aliphatic carbocycles. The summed E-state index contributed by atoms with van der Waals surface area (Å²) in [6, 6.07) is 14.5. The minimum atomic E-state index is 0.190. The third-order valence-corrected chi connectivity index (χ3v) is 8.10. The lowest BCUT2D eigenvalue weighted by Gasteiger charge is -2.24. The molecule has 5 rings (SSSR count). The van der Waals surface area contributed by atoms with Crippen molar-refractivity contribution >= 4 is 44.9 Å². The summed E-state index contributed by atoms with van der Waals surface area (Å²) in [4.78, 5) is 14.8. The Labute approximate surface area is 181 Å². The number of halogens is 1. The van der Waals surface area contributed by atoms with Crippen LogP contribution in [0.25, 0.3) is 16.2 Å². The molecule has 1 heterocycles. The zero-order valence-corrected chi connectivity index (χ0v) is 18.1. The van der Waals surface area contributed by atoms with Gasteiger partial charge in [0.05, 0.1) is 0 Å². The zero-order chi connectivity index (χ0) is 19.8. The first-order valence-corrected chi connectivity index (χ1v) is 11.9. The van der Waals surface area contributed by atoms with Crippen LogP contribution in [0.15, 0.2) is 48.5 Å². The lowest BCUT2D eigenvalue weighted by atomic mass is 9.80. The van der Waals surface area contributed by atoms with Gasteiger partial charge in [-0.3, -0.25) is 4.79 Å². The second kappa shape index (κ2) is 8.08. The van der Waals surface area contributed by atoms with E-state index in [9.17, 15) is 4.79 Å². The number of hydrogen-bond acceptors (Lipinski definition) is 2. The molecule has 1 nitrogen and oxygen atoms in total. The van der Waals surface area contributed by atoms with Gasteiger partial charge >= 0.3 is 0 Å². The fourth-order valence-electron chi connectivity index (χ4n) is 5.01. The summed E-state index contributed by atoms with van der Waals surface area (Å²) in [6.45, 7) is 0. The van der Waals surface area contributed by atoms with E-state index in [1.165, 1.54) is 39.8 Å². The summed E-state index contributed by atoms with van der Waals surface area (Å²) in [5, 5.41) is 2.07. The smallest absolute Gasteiger partial charge is 0.166 e. The Morgan fingerprint density at radius 2 is 1.90 bits per heavy atom. The molecule has 3 aromatic rings. The van der Waals surface area contributed by atoms with Crippen LogP contribution in [0.1, 0.15) is 70.8 Å². The Bertz CT molecular complexity index is 1090. The van der Waals surface area contributed by atoms with Crippen LogP contribution in [0.5, 0.6) is 0 Å². The van der Waals surface area contributed by atoms with E-state index in [2.05, 4.69) is 36.4 Å². The Morgan fingerprint density at radius 1 is 1.07 bits per heavy atom. The van der Waals surface area contributed by atoms with Gasteiger partial charge in [-0.2, -0.15) is 0 Å². The largest absolute Gasteiger partial charge is 0.294 e. The number of thiophene rings is 1. The number of ketones is 1. The molecule has 1 saturated carbocycles. The van der Waals surface area contributed by atoms with Gasteiger partial charge in [0, 0.05) is 32.0 Å². The first-order chi connectivity index (χ1) is 14.2. The summed E-state index contributed by atoms with van der Waals surface area (Å²) in [6.07, 6.45) is 12.1. The molecular weight excluding hydrogens is 396 g/mol. The minimum Gasteiger partial charge on any atom is -0.294 e. The second-order valence-electron chi connectivity index (χ2n) is 8.42. The summed E-state index contributed by atoms with van der Waals surface area (Å²) >= 11 is 8.27. The maximum absolute atomic E-state index is 13.3. The van der Waals surface area contributed by atoms with E-state index >= 15 is 0 Å². The molecule has 2 aliphatic rings. The van der Waals surface area contributed by atoms with E-state index in [0.29, 0.717) is 11.7 Å². The van der Waals surface area contributed by atoms with Crippen LogP contribution in [-0.4, -0.2) is 5.78 Å². The standard InChI is InChI=1S/C26H25ClOS/c27-20-13-14-21(25(28)17-7-2-1-3-8-17)19(16-20)15-18-9-6-11-23-22-10-4-5-12-24(22)29-26(18)23/h4-6,10-14,16-18H,1-3,7-9,15H2. The average Bonchev–Trinajstić information content (AvgIpc) is 3.14. The molecule has 0 spiro atoms. The van der Waals surface area contributed by atoms with Crippen LogP contribution in [-0.2, 0) is 6.42 Å². The molecule has 0 bridgehead atoms. The summed E-state index contributed by atoms with van der Waals surface area (Å²) in [7, 11) is 0. The van der Waals surface area contributed by atoms with E-state index in [1.807, 2.05) is 29.5 Å². The highest BCUT2D eigenvalue weighted by molar-refractivity contribution is 7.19. The summed E-state index contributed by atoms with van der Waals surface area (Å²) < 4.78 is 1.35. The highest BCUT2D eigenvalue weighted by Crippen LogP contribution is 2.43. The quantitative estimate of drug-likeness (QED) is 0.390. The second-order valence-corrected chi connectivity index (χ2v) is 9.94. The molecule has 1 atom stereocenters. The number of carbonyl (C=O) groups is 1. The fourth-order valence-corrected chi connectivity index (χ4v) is 6.51. The Balaban J connectivity index is 1.49. The number of benzene rings is 2. The molecule has 0 radical (unpaired) electrons. The Kier molecular flexibility index (Phi) is 5.32. The van der Waals surface area contributed by atoms with Gasteiger partial charge in [-0.25, -0.2) is 0 Å². The first kappa shape index (κ1) is 19.1. The van der Waals surface area contributed by atoms with Crippen molar-refractivity contribution in [1.82, 2.24) is 0 Å². The molecule has 0 saturated heterocycles. The molecule has 0 amide bonds. The van der Waals surface area contributed by atoms with Crippen LogP contribution in [0.4, 0.5) is 0 Å². The number of allylic oxidation sites excluding steroid dienone is 1. The first-order valence-electron chi connectivity index (χ1n) is 10.7. The van der Waals surface area contributed by atoms with Gasteiger partial charge in [0.15, 0.2) is 5.78 Å². The van der Waals surface area contributed by atoms with E-state index in [4.69, 9.17) is 11.6 Å². The van der Waals surface area contributed by atoms with E-state index in [-0.39, 0.29) is 5.92 Å². The van der Waals surface area contributed by atoms with Crippen molar-refractivity contribution in [2.75, 3.05) is 0 Å². The Hall–Kier alpha value is -1.90. The normalized spacial score (nSPS) is 19.4. The molecule has 0 aliphatic heterocycles. The van der Waals surface area contributed by atoms with Gasteiger partial charge in [0.25, 0.3) is 0 Å². The minimum absolute atomic E-state index is 0.190. The molecule has 2 aromatic carbocycles. The van der Waals surface area contributed by atoms with Gasteiger partial charge in [0.1, 0.15) is 0 Å². The van der Waals surface area contributed by atoms with Gasteiger partial charge in [-0.15, -0.1) is 11.3 Å². The van der Waals surface area contributed by atoms with E-state index in [0.717, 1.165) is 41.8 Å². The molecule has 3 heteroatoms. The Morgan fingerprint density at radius 3 is 2.76 bits per heavy atom. The summed E-state index contributed by atoms with van der Waals surface area (Å²) in [5.74, 6) is 0.929. The molecular formula is C26H25ClOS. The van der Waals surface area contributed by atoms with Gasteiger partial charge in [-0.1, -0.05) is 61.2 Å². The van der Waals surface area contributed by atoms with Crippen molar-refractivity contribution in [3.05, 3.63) is 75.1 Å². The molecule has 1 fully saturated rings. The maximum atomic E-state index is 13.3. The lowest BCUT2D eigenvalue weighted by Crippen LogP contribution is -2.20. The molecule has 29 heavy (non-hydrogen) atoms. The predicted molar refractivity (Wildman–Crippen MR) is 124 cm³/mol. The number of rotatable bonds is 4. The number of hydrogen-bond donors (Lipinski definition) is 0. The topological polar surface area (TPSA) is 17.1 Å². The van der Waals surface area contributed by atoms with Crippen molar-refractivity contribution in [2.24, 2.45) is 5.92 Å². The zero-order valence-electron chi connectivity index (χ0n) is 16.5. The van der Waals surface area contributed by atoms with Crippen molar-refractivity contribution in [3.8, 4) is 0 Å². The van der Waals surface area contributed by atoms with Crippen LogP contribution < -0.4 is 0 Å². The average molecular weight is 421 g/mol. The fraction of sp³-hybridized carbons (Fsp3) is 0.346. The molecule has 1 aromatic heterocycles. The summed E-state index contributed by atoms with van der Waals surface area (Å²) in [5.41, 5.74) is 3.39. The van der Waals surface area contributed by atoms with E-state index in [1.54, 1.807) is 0 Å². The molecule has 148 valence electrons. The van der Waals surface area contributed by atoms with Crippen LogP contribution >= 0.6 is 22.9 Å². The highest BCUT2D eigenvalue weighted by Gasteiger charge is 2.27. The predicted octanol–water partition coefficient (Wildman–Crippen LogP) is 8.06. The van der Waals surface area contributed by atoms with Gasteiger partial charge in [0.2, 0.25) is 0 Å². The van der Waals surface area contributed by atoms with Crippen LogP contribution in [0.2, 0.25) is 5.02 Å². The molecule has 0 N–H and O–H groups in total. The van der Waals surface area contributed by atoms with Crippen LogP contribution in [0.3, 0.4) is 0 Å². The van der Waals surface area contributed by atoms with Crippen molar-refractivity contribution in [2.45, 2.75) is 50.9 Å². The lowest BCUT2D eigenvalue weighted by molar-refractivity contribution is 0.0888. The SMILES string of the molecule is O=C(c1ccc(Cl)cc1CC1CC=Cc2c1sc1ccccc21)C1CCCCC1. The van der Waals surface area contributed by atoms with Crippen molar-refractivity contribution in [3.63, 3.8) is 0 Å². The third-order valence-electron chi connectivity index (χ3n) is 6.51. The van der Waals surface area contributed by atoms with Gasteiger partial charge in [-0.05, 0) is 66.5 Å². The maximum Gasteiger partial charge on any atom is 0.166 e. The number of carbonyl (C=O) groups excluding carboxylic acids is 1. The van der Waals surface area contributed by atoms with Crippen molar-refractivity contribution < 1.29 is 4.79 Å². The van der Waals surface area contributed by atoms with E-state index < -0.39 is 0 Å².